The van der Waals surface area contributed by atoms with E-state index in [1.165, 1.54) is 16.6 Å². The van der Waals surface area contributed by atoms with Crippen LogP contribution in [0.4, 0.5) is 0 Å². The Morgan fingerprint density at radius 3 is 2.73 bits per heavy atom. The maximum Gasteiger partial charge on any atom is 0.251 e. The van der Waals surface area contributed by atoms with Gasteiger partial charge >= 0.3 is 0 Å². The summed E-state index contributed by atoms with van der Waals surface area (Å²) in [7, 11) is 0. The van der Waals surface area contributed by atoms with Gasteiger partial charge in [0.1, 0.15) is 0 Å². The first kappa shape index (κ1) is 14.4. The summed E-state index contributed by atoms with van der Waals surface area (Å²) in [5, 5.41) is 4.24. The van der Waals surface area contributed by atoms with E-state index in [1.807, 2.05) is 43.3 Å². The SMILES string of the molecule is Cc1cccc(C(=O)NCCc2c(C)[nH]c3ccccc23)c1. The van der Waals surface area contributed by atoms with Gasteiger partial charge in [0.15, 0.2) is 0 Å². The number of aromatic amines is 1. The average Bonchev–Trinajstić information content (AvgIpc) is 2.83. The number of fused-ring (bicyclic) bond motifs is 1. The summed E-state index contributed by atoms with van der Waals surface area (Å²) >= 11 is 0. The van der Waals surface area contributed by atoms with Crippen molar-refractivity contribution in [1.82, 2.24) is 10.3 Å². The fourth-order valence-electron chi connectivity index (χ4n) is 2.85. The standard InChI is InChI=1S/C19H20N2O/c1-13-6-5-7-15(12-13)19(22)20-11-10-16-14(2)21-18-9-4-3-8-17(16)18/h3-9,12,21H,10-11H2,1-2H3,(H,20,22). The van der Waals surface area contributed by atoms with E-state index >= 15 is 0 Å². The Morgan fingerprint density at radius 2 is 1.91 bits per heavy atom. The van der Waals surface area contributed by atoms with Gasteiger partial charge in [0.2, 0.25) is 0 Å². The zero-order valence-corrected chi connectivity index (χ0v) is 12.9. The van der Waals surface area contributed by atoms with Crippen LogP contribution in [0.15, 0.2) is 48.5 Å². The smallest absolute Gasteiger partial charge is 0.251 e. The number of hydrogen-bond donors (Lipinski definition) is 2. The van der Waals surface area contributed by atoms with E-state index in [4.69, 9.17) is 0 Å². The topological polar surface area (TPSA) is 44.9 Å². The van der Waals surface area contributed by atoms with Gasteiger partial charge in [0, 0.05) is 28.7 Å². The van der Waals surface area contributed by atoms with Crippen molar-refractivity contribution in [3.8, 4) is 0 Å². The lowest BCUT2D eigenvalue weighted by molar-refractivity contribution is 0.0954. The molecule has 3 nitrogen and oxygen atoms in total. The third kappa shape index (κ3) is 2.89. The molecule has 1 amide bonds. The van der Waals surface area contributed by atoms with Gasteiger partial charge in [0.05, 0.1) is 0 Å². The monoisotopic (exact) mass is 292 g/mol. The van der Waals surface area contributed by atoms with Crippen LogP contribution in [0, 0.1) is 13.8 Å². The quantitative estimate of drug-likeness (QED) is 0.755. The number of hydrogen-bond acceptors (Lipinski definition) is 1. The Kier molecular flexibility index (Phi) is 3.96. The molecule has 0 radical (unpaired) electrons. The Balaban J connectivity index is 1.67. The highest BCUT2D eigenvalue weighted by atomic mass is 16.1. The van der Waals surface area contributed by atoms with Crippen molar-refractivity contribution in [2.75, 3.05) is 6.54 Å². The van der Waals surface area contributed by atoms with Crippen LogP contribution in [0.25, 0.3) is 10.9 Å². The van der Waals surface area contributed by atoms with E-state index in [0.717, 1.165) is 23.1 Å². The van der Waals surface area contributed by atoms with Gasteiger partial charge < -0.3 is 10.3 Å². The van der Waals surface area contributed by atoms with Crippen LogP contribution in [-0.2, 0) is 6.42 Å². The molecule has 2 N–H and O–H groups in total. The molecular formula is C19H20N2O. The van der Waals surface area contributed by atoms with E-state index in [-0.39, 0.29) is 5.91 Å². The van der Waals surface area contributed by atoms with E-state index in [9.17, 15) is 4.79 Å². The van der Waals surface area contributed by atoms with Crippen LogP contribution in [0.1, 0.15) is 27.2 Å². The van der Waals surface area contributed by atoms with Crippen LogP contribution in [0.5, 0.6) is 0 Å². The maximum atomic E-state index is 12.2. The molecule has 0 aliphatic carbocycles. The lowest BCUT2D eigenvalue weighted by Gasteiger charge is -2.06. The average molecular weight is 292 g/mol. The largest absolute Gasteiger partial charge is 0.358 e. The molecule has 0 fully saturated rings. The number of H-pyrrole nitrogens is 1. The Morgan fingerprint density at radius 1 is 1.09 bits per heavy atom. The molecule has 0 saturated carbocycles. The van der Waals surface area contributed by atoms with Crippen molar-refractivity contribution in [2.24, 2.45) is 0 Å². The molecule has 1 heterocycles. The Bertz CT molecular complexity index is 817. The van der Waals surface area contributed by atoms with Gasteiger partial charge in [-0.25, -0.2) is 0 Å². The van der Waals surface area contributed by atoms with Crippen LogP contribution >= 0.6 is 0 Å². The minimum absolute atomic E-state index is 0.0128. The first-order valence-corrected chi connectivity index (χ1v) is 7.56. The molecule has 1 aromatic heterocycles. The number of benzene rings is 2. The van der Waals surface area contributed by atoms with Gasteiger partial charge in [-0.1, -0.05) is 35.9 Å². The van der Waals surface area contributed by atoms with Crippen LogP contribution in [-0.4, -0.2) is 17.4 Å². The fourth-order valence-corrected chi connectivity index (χ4v) is 2.85. The molecule has 2 aromatic carbocycles. The predicted molar refractivity (Wildman–Crippen MR) is 90.3 cm³/mol. The number of para-hydroxylation sites is 1. The highest BCUT2D eigenvalue weighted by Gasteiger charge is 2.09. The van der Waals surface area contributed by atoms with Crippen molar-refractivity contribution in [2.45, 2.75) is 20.3 Å². The lowest BCUT2D eigenvalue weighted by Crippen LogP contribution is -2.25. The summed E-state index contributed by atoms with van der Waals surface area (Å²) in [6.45, 7) is 4.71. The second-order valence-electron chi connectivity index (χ2n) is 5.65. The first-order chi connectivity index (χ1) is 10.6. The molecule has 0 saturated heterocycles. The number of amides is 1. The molecular weight excluding hydrogens is 272 g/mol. The number of nitrogens with one attached hydrogen (secondary N) is 2. The van der Waals surface area contributed by atoms with Crippen molar-refractivity contribution in [3.63, 3.8) is 0 Å². The molecule has 0 unspecified atom stereocenters. The number of rotatable bonds is 4. The van der Waals surface area contributed by atoms with Crippen LogP contribution in [0.2, 0.25) is 0 Å². The van der Waals surface area contributed by atoms with E-state index in [1.54, 1.807) is 0 Å². The molecule has 0 spiro atoms. The zero-order valence-electron chi connectivity index (χ0n) is 12.9. The molecule has 3 heteroatoms. The highest BCUT2D eigenvalue weighted by Crippen LogP contribution is 2.21. The summed E-state index contributed by atoms with van der Waals surface area (Å²) in [4.78, 5) is 15.5. The number of aryl methyl sites for hydroxylation is 2. The zero-order chi connectivity index (χ0) is 15.5. The second-order valence-corrected chi connectivity index (χ2v) is 5.65. The molecule has 3 aromatic rings. The number of carbonyl (C=O) groups is 1. The number of aromatic nitrogens is 1. The maximum absolute atomic E-state index is 12.2. The molecule has 3 rings (SSSR count). The van der Waals surface area contributed by atoms with Crippen molar-refractivity contribution < 1.29 is 4.79 Å². The summed E-state index contributed by atoms with van der Waals surface area (Å²) in [6.07, 6.45) is 0.827. The normalized spacial score (nSPS) is 10.8. The summed E-state index contributed by atoms with van der Waals surface area (Å²) in [5.41, 5.74) is 5.42. The molecule has 0 atom stereocenters. The van der Waals surface area contributed by atoms with Crippen molar-refractivity contribution >= 4 is 16.8 Å². The second kappa shape index (κ2) is 6.06. The van der Waals surface area contributed by atoms with Crippen LogP contribution < -0.4 is 5.32 Å². The Hall–Kier alpha value is -2.55. The van der Waals surface area contributed by atoms with E-state index in [2.05, 4.69) is 29.4 Å². The highest BCUT2D eigenvalue weighted by molar-refractivity contribution is 5.94. The minimum atomic E-state index is -0.0128. The van der Waals surface area contributed by atoms with Gasteiger partial charge in [-0.2, -0.15) is 0 Å². The van der Waals surface area contributed by atoms with Gasteiger partial charge in [-0.05, 0) is 44.0 Å². The first-order valence-electron chi connectivity index (χ1n) is 7.56. The third-order valence-corrected chi connectivity index (χ3v) is 3.97. The molecule has 112 valence electrons. The van der Waals surface area contributed by atoms with Crippen molar-refractivity contribution in [1.29, 1.82) is 0 Å². The van der Waals surface area contributed by atoms with Gasteiger partial charge in [-0.15, -0.1) is 0 Å². The van der Waals surface area contributed by atoms with Gasteiger partial charge in [-0.3, -0.25) is 4.79 Å². The molecule has 0 bridgehead atoms. The minimum Gasteiger partial charge on any atom is -0.358 e. The van der Waals surface area contributed by atoms with E-state index < -0.39 is 0 Å². The number of carbonyl (C=O) groups excluding carboxylic acids is 1. The van der Waals surface area contributed by atoms with E-state index in [0.29, 0.717) is 6.54 Å². The predicted octanol–water partition coefficient (Wildman–Crippen LogP) is 3.76. The summed E-state index contributed by atoms with van der Waals surface area (Å²) < 4.78 is 0. The summed E-state index contributed by atoms with van der Waals surface area (Å²) in [5.74, 6) is -0.0128. The molecule has 0 aliphatic heterocycles. The molecule has 22 heavy (non-hydrogen) atoms. The lowest BCUT2D eigenvalue weighted by atomic mass is 10.1. The van der Waals surface area contributed by atoms with Crippen LogP contribution in [0.3, 0.4) is 0 Å². The third-order valence-electron chi connectivity index (χ3n) is 3.97. The van der Waals surface area contributed by atoms with Gasteiger partial charge in [0.25, 0.3) is 5.91 Å². The van der Waals surface area contributed by atoms with Crippen molar-refractivity contribution in [3.05, 3.63) is 70.9 Å². The Labute approximate surface area is 130 Å². The fraction of sp³-hybridized carbons (Fsp3) is 0.211. The molecule has 0 aliphatic rings. The summed E-state index contributed by atoms with van der Waals surface area (Å²) in [6, 6.07) is 15.9.